The number of amides is 1. The number of carbonyl (C=O) groups excluding carboxylic acids is 1. The van der Waals surface area contributed by atoms with Gasteiger partial charge in [0, 0.05) is 22.5 Å². The van der Waals surface area contributed by atoms with Gasteiger partial charge in [-0.05, 0) is 60.6 Å². The Balaban J connectivity index is 1.84. The van der Waals surface area contributed by atoms with Gasteiger partial charge in [-0.2, -0.15) is 0 Å². The Morgan fingerprint density at radius 1 is 1.13 bits per heavy atom. The molecule has 0 radical (unpaired) electrons. The standard InChI is InChI=1S/C25H27Cl2NO2/c1-3-6-22-25(29)28(21(4-2)16-9-10-16)23(17-11-13-19(26)14-12-17)24(30-22)18-7-5-8-20(27)15-18/h3,5,7-8,11-16,21-24H,1,4,6,9-10H2,2H3/t21-,22-,23-,24-/m1/s1. The van der Waals surface area contributed by atoms with Crippen molar-refractivity contribution in [2.24, 2.45) is 5.92 Å². The summed E-state index contributed by atoms with van der Waals surface area (Å²) in [5, 5.41) is 1.33. The second-order valence-electron chi connectivity index (χ2n) is 8.18. The van der Waals surface area contributed by atoms with Crippen LogP contribution >= 0.6 is 23.2 Å². The zero-order valence-electron chi connectivity index (χ0n) is 17.1. The van der Waals surface area contributed by atoms with Gasteiger partial charge in [0.15, 0.2) is 0 Å². The molecule has 5 heteroatoms. The van der Waals surface area contributed by atoms with E-state index in [-0.39, 0.29) is 24.1 Å². The lowest BCUT2D eigenvalue weighted by atomic mass is 9.88. The number of ether oxygens (including phenoxy) is 1. The molecule has 1 aliphatic carbocycles. The first kappa shape index (κ1) is 21.4. The average Bonchev–Trinajstić information content (AvgIpc) is 3.57. The molecule has 3 nitrogen and oxygen atoms in total. The van der Waals surface area contributed by atoms with Crippen molar-refractivity contribution in [2.75, 3.05) is 0 Å². The zero-order valence-corrected chi connectivity index (χ0v) is 18.6. The minimum atomic E-state index is -0.539. The van der Waals surface area contributed by atoms with Crippen molar-refractivity contribution in [2.45, 2.75) is 56.9 Å². The van der Waals surface area contributed by atoms with E-state index in [9.17, 15) is 4.79 Å². The number of hydrogen-bond acceptors (Lipinski definition) is 2. The molecule has 4 rings (SSSR count). The summed E-state index contributed by atoms with van der Waals surface area (Å²) in [5.74, 6) is 0.600. The number of rotatable bonds is 7. The van der Waals surface area contributed by atoms with Crippen LogP contribution in [0.15, 0.2) is 61.2 Å². The Labute approximate surface area is 188 Å². The fraction of sp³-hybridized carbons (Fsp3) is 0.400. The van der Waals surface area contributed by atoms with Crippen molar-refractivity contribution < 1.29 is 9.53 Å². The molecule has 0 bridgehead atoms. The lowest BCUT2D eigenvalue weighted by molar-refractivity contribution is -0.180. The van der Waals surface area contributed by atoms with Gasteiger partial charge in [-0.15, -0.1) is 6.58 Å². The van der Waals surface area contributed by atoms with Gasteiger partial charge in [-0.25, -0.2) is 0 Å². The van der Waals surface area contributed by atoms with Gasteiger partial charge in [0.05, 0.1) is 6.04 Å². The van der Waals surface area contributed by atoms with Gasteiger partial charge in [0.1, 0.15) is 12.2 Å². The van der Waals surface area contributed by atoms with Crippen LogP contribution in [0.5, 0.6) is 0 Å². The summed E-state index contributed by atoms with van der Waals surface area (Å²) in [6, 6.07) is 15.5. The van der Waals surface area contributed by atoms with E-state index in [0.29, 0.717) is 22.4 Å². The molecular weight excluding hydrogens is 417 g/mol. The van der Waals surface area contributed by atoms with E-state index < -0.39 is 6.10 Å². The predicted octanol–water partition coefficient (Wildman–Crippen LogP) is 6.77. The molecule has 1 saturated heterocycles. The van der Waals surface area contributed by atoms with Crippen LogP contribution in [0.3, 0.4) is 0 Å². The number of benzene rings is 2. The molecule has 2 aromatic rings. The molecule has 0 spiro atoms. The highest BCUT2D eigenvalue weighted by molar-refractivity contribution is 6.30. The van der Waals surface area contributed by atoms with Crippen molar-refractivity contribution in [3.8, 4) is 0 Å². The highest BCUT2D eigenvalue weighted by Crippen LogP contribution is 2.48. The average molecular weight is 444 g/mol. The second-order valence-corrected chi connectivity index (χ2v) is 9.05. The number of halogens is 2. The predicted molar refractivity (Wildman–Crippen MR) is 122 cm³/mol. The summed E-state index contributed by atoms with van der Waals surface area (Å²) in [4.78, 5) is 15.7. The third kappa shape index (κ3) is 4.30. The van der Waals surface area contributed by atoms with E-state index in [2.05, 4.69) is 18.4 Å². The largest absolute Gasteiger partial charge is 0.358 e. The molecule has 0 unspecified atom stereocenters. The smallest absolute Gasteiger partial charge is 0.252 e. The molecule has 2 aromatic carbocycles. The Kier molecular flexibility index (Phi) is 6.52. The van der Waals surface area contributed by atoms with Gasteiger partial charge < -0.3 is 9.64 Å². The van der Waals surface area contributed by atoms with Gasteiger partial charge in [-0.3, -0.25) is 4.79 Å². The van der Waals surface area contributed by atoms with Gasteiger partial charge in [-0.1, -0.05) is 60.5 Å². The highest BCUT2D eigenvalue weighted by Gasteiger charge is 2.49. The Morgan fingerprint density at radius 3 is 2.47 bits per heavy atom. The molecule has 0 N–H and O–H groups in total. The third-order valence-electron chi connectivity index (χ3n) is 6.14. The van der Waals surface area contributed by atoms with Crippen molar-refractivity contribution >= 4 is 29.1 Å². The van der Waals surface area contributed by atoms with Crippen molar-refractivity contribution in [1.29, 1.82) is 0 Å². The van der Waals surface area contributed by atoms with Crippen LogP contribution in [0.25, 0.3) is 0 Å². The van der Waals surface area contributed by atoms with E-state index in [1.165, 1.54) is 12.8 Å². The van der Waals surface area contributed by atoms with Crippen LogP contribution in [-0.4, -0.2) is 23.0 Å². The molecule has 1 amide bonds. The lowest BCUT2D eigenvalue weighted by Gasteiger charge is -2.48. The van der Waals surface area contributed by atoms with Gasteiger partial charge in [0.2, 0.25) is 0 Å². The van der Waals surface area contributed by atoms with Crippen molar-refractivity contribution in [3.63, 3.8) is 0 Å². The summed E-state index contributed by atoms with van der Waals surface area (Å²) in [5.41, 5.74) is 1.99. The monoisotopic (exact) mass is 443 g/mol. The highest BCUT2D eigenvalue weighted by atomic mass is 35.5. The normalized spacial score (nSPS) is 25.2. The molecule has 1 saturated carbocycles. The molecule has 30 heavy (non-hydrogen) atoms. The van der Waals surface area contributed by atoms with E-state index in [1.54, 1.807) is 6.08 Å². The van der Waals surface area contributed by atoms with Crippen molar-refractivity contribution in [1.82, 2.24) is 4.90 Å². The fourth-order valence-electron chi connectivity index (χ4n) is 4.61. The lowest BCUT2D eigenvalue weighted by Crippen LogP contribution is -2.55. The Bertz CT molecular complexity index is 910. The van der Waals surface area contributed by atoms with E-state index >= 15 is 0 Å². The Morgan fingerprint density at radius 2 is 1.87 bits per heavy atom. The van der Waals surface area contributed by atoms with Gasteiger partial charge in [0.25, 0.3) is 5.91 Å². The molecular formula is C25H27Cl2NO2. The third-order valence-corrected chi connectivity index (χ3v) is 6.63. The topological polar surface area (TPSA) is 29.5 Å². The zero-order chi connectivity index (χ0) is 21.3. The molecule has 1 aliphatic heterocycles. The van der Waals surface area contributed by atoms with Crippen LogP contribution < -0.4 is 0 Å². The summed E-state index contributed by atoms with van der Waals surface area (Å²) < 4.78 is 6.45. The maximum absolute atomic E-state index is 13.6. The van der Waals surface area contributed by atoms with Crippen LogP contribution in [0.2, 0.25) is 10.0 Å². The summed E-state index contributed by atoms with van der Waals surface area (Å²) in [6.45, 7) is 6.01. The molecule has 2 aliphatic rings. The molecule has 2 fully saturated rings. The minimum absolute atomic E-state index is 0.0480. The van der Waals surface area contributed by atoms with Crippen LogP contribution in [0.1, 0.15) is 55.9 Å². The van der Waals surface area contributed by atoms with E-state index in [0.717, 1.165) is 17.5 Å². The fourth-order valence-corrected chi connectivity index (χ4v) is 4.94. The summed E-state index contributed by atoms with van der Waals surface area (Å²) in [6.07, 6.45) is 4.65. The quantitative estimate of drug-likeness (QED) is 0.441. The number of nitrogens with zero attached hydrogens (tertiary/aromatic N) is 1. The maximum atomic E-state index is 13.6. The SMILES string of the molecule is C=CC[C@H]1O[C@H](c2cccc(Cl)c2)[C@@H](c2ccc(Cl)cc2)N([C@H](CC)C2CC2)C1=O. The first-order valence-corrected chi connectivity index (χ1v) is 11.4. The van der Waals surface area contributed by atoms with Crippen LogP contribution in [0, 0.1) is 5.92 Å². The number of carbonyl (C=O) groups is 1. The van der Waals surface area contributed by atoms with Gasteiger partial charge >= 0.3 is 0 Å². The maximum Gasteiger partial charge on any atom is 0.252 e. The first-order valence-electron chi connectivity index (χ1n) is 10.6. The van der Waals surface area contributed by atoms with Crippen molar-refractivity contribution in [3.05, 3.63) is 82.4 Å². The second kappa shape index (κ2) is 9.13. The number of morpholine rings is 1. The molecule has 4 atom stereocenters. The first-order chi connectivity index (χ1) is 14.5. The van der Waals surface area contributed by atoms with E-state index in [4.69, 9.17) is 27.9 Å². The minimum Gasteiger partial charge on any atom is -0.358 e. The van der Waals surface area contributed by atoms with Crippen LogP contribution in [0.4, 0.5) is 0 Å². The molecule has 1 heterocycles. The van der Waals surface area contributed by atoms with Crippen LogP contribution in [-0.2, 0) is 9.53 Å². The Hall–Kier alpha value is -1.81. The molecule has 0 aromatic heterocycles. The molecule has 158 valence electrons. The number of hydrogen-bond donors (Lipinski definition) is 0. The summed E-state index contributed by atoms with van der Waals surface area (Å²) >= 11 is 12.5. The summed E-state index contributed by atoms with van der Waals surface area (Å²) in [7, 11) is 0. The van der Waals surface area contributed by atoms with E-state index in [1.807, 2.05) is 48.5 Å².